The van der Waals surface area contributed by atoms with Gasteiger partial charge in [-0.2, -0.15) is 0 Å². The topological polar surface area (TPSA) is 51.2 Å². The molecule has 1 heterocycles. The van der Waals surface area contributed by atoms with Crippen LogP contribution in [0.1, 0.15) is 35.9 Å². The van der Waals surface area contributed by atoms with Crippen LogP contribution in [0, 0.1) is 0 Å². The molecule has 0 saturated heterocycles. The lowest BCUT2D eigenvalue weighted by molar-refractivity contribution is 0.0935. The Morgan fingerprint density at radius 1 is 1.22 bits per heavy atom. The molecule has 0 aliphatic rings. The second-order valence-corrected chi connectivity index (χ2v) is 5.94. The van der Waals surface area contributed by atoms with Crippen molar-refractivity contribution < 1.29 is 9.53 Å². The predicted molar refractivity (Wildman–Crippen MR) is 92.8 cm³/mol. The average Bonchev–Trinajstić information content (AvgIpc) is 2.53. The number of nitrogens with zero attached hydrogens (tertiary/aromatic N) is 1. The number of rotatable bonds is 5. The van der Waals surface area contributed by atoms with E-state index in [-0.39, 0.29) is 26.8 Å². The Kier molecular flexibility index (Phi) is 6.10. The zero-order chi connectivity index (χ0) is 17.0. The van der Waals surface area contributed by atoms with E-state index in [9.17, 15) is 4.79 Å². The number of nitrogens with one attached hydrogen (secondary N) is 1. The minimum atomic E-state index is -0.421. The van der Waals surface area contributed by atoms with E-state index in [1.807, 2.05) is 38.1 Å². The van der Waals surface area contributed by atoms with E-state index in [1.54, 1.807) is 0 Å². The van der Waals surface area contributed by atoms with Gasteiger partial charge in [-0.1, -0.05) is 46.9 Å². The molecule has 0 bridgehead atoms. The van der Waals surface area contributed by atoms with Crippen molar-refractivity contribution in [3.05, 3.63) is 56.8 Å². The van der Waals surface area contributed by atoms with Crippen molar-refractivity contribution in [2.45, 2.75) is 19.9 Å². The minimum absolute atomic E-state index is 0.0376. The fourth-order valence-corrected chi connectivity index (χ4v) is 2.54. The molecule has 0 fully saturated rings. The summed E-state index contributed by atoms with van der Waals surface area (Å²) in [6.45, 7) is 4.39. The highest BCUT2D eigenvalue weighted by atomic mass is 35.5. The van der Waals surface area contributed by atoms with Gasteiger partial charge < -0.3 is 10.1 Å². The lowest BCUT2D eigenvalue weighted by Gasteiger charge is -2.15. The van der Waals surface area contributed by atoms with Crippen LogP contribution in [-0.4, -0.2) is 17.5 Å². The fraction of sp³-hybridized carbons (Fsp3) is 0.250. The van der Waals surface area contributed by atoms with Crippen LogP contribution in [0.4, 0.5) is 0 Å². The van der Waals surface area contributed by atoms with E-state index in [0.29, 0.717) is 6.61 Å². The number of aromatic nitrogens is 1. The summed E-state index contributed by atoms with van der Waals surface area (Å²) in [4.78, 5) is 16.2. The van der Waals surface area contributed by atoms with Gasteiger partial charge in [0, 0.05) is 6.20 Å². The number of carbonyl (C=O) groups is 1. The maximum Gasteiger partial charge on any atom is 0.271 e. The Balaban J connectivity index is 2.12. The summed E-state index contributed by atoms with van der Waals surface area (Å²) in [6, 6.07) is 7.25. The number of carbonyl (C=O) groups excluding carboxylic acids is 1. The van der Waals surface area contributed by atoms with E-state index >= 15 is 0 Å². The van der Waals surface area contributed by atoms with Crippen molar-refractivity contribution in [3.8, 4) is 5.75 Å². The van der Waals surface area contributed by atoms with Crippen LogP contribution < -0.4 is 10.1 Å². The smallest absolute Gasteiger partial charge is 0.271 e. The first-order valence-corrected chi connectivity index (χ1v) is 8.10. The molecule has 1 aromatic heterocycles. The number of pyridine rings is 1. The summed E-state index contributed by atoms with van der Waals surface area (Å²) in [5.74, 6) is 0.360. The van der Waals surface area contributed by atoms with Crippen molar-refractivity contribution in [2.75, 3.05) is 6.61 Å². The molecule has 0 radical (unpaired) electrons. The monoisotopic (exact) mass is 372 g/mol. The number of ether oxygens (including phenoxy) is 1. The SMILES string of the molecule is CCOc1ccc(C(C)NC(=O)c2ncc(Cl)c(Cl)c2Cl)cc1. The molecule has 7 heteroatoms. The standard InChI is InChI=1S/C16H15Cl3N2O2/c1-3-23-11-6-4-10(5-7-11)9(2)21-16(22)15-14(19)13(18)12(17)8-20-15/h4-9H,3H2,1-2H3,(H,21,22). The molecule has 122 valence electrons. The minimum Gasteiger partial charge on any atom is -0.494 e. The summed E-state index contributed by atoms with van der Waals surface area (Å²) in [7, 11) is 0. The van der Waals surface area contributed by atoms with E-state index in [1.165, 1.54) is 6.20 Å². The molecule has 1 unspecified atom stereocenters. The molecule has 0 spiro atoms. The summed E-state index contributed by atoms with van der Waals surface area (Å²) in [5.41, 5.74) is 0.969. The molecule has 2 aromatic rings. The molecular weight excluding hydrogens is 359 g/mol. The van der Waals surface area contributed by atoms with Gasteiger partial charge in [-0.3, -0.25) is 4.79 Å². The molecule has 0 aliphatic carbocycles. The Morgan fingerprint density at radius 2 is 1.87 bits per heavy atom. The van der Waals surface area contributed by atoms with Crippen LogP contribution >= 0.6 is 34.8 Å². The fourth-order valence-electron chi connectivity index (χ4n) is 1.97. The van der Waals surface area contributed by atoms with Gasteiger partial charge in [-0.05, 0) is 31.5 Å². The number of benzene rings is 1. The first kappa shape index (κ1) is 17.9. The lowest BCUT2D eigenvalue weighted by atomic mass is 10.1. The summed E-state index contributed by atoms with van der Waals surface area (Å²) >= 11 is 17.8. The van der Waals surface area contributed by atoms with Crippen molar-refractivity contribution in [2.24, 2.45) is 0 Å². The van der Waals surface area contributed by atoms with Crippen LogP contribution in [0.2, 0.25) is 15.1 Å². The van der Waals surface area contributed by atoms with Crippen molar-refractivity contribution in [3.63, 3.8) is 0 Å². The van der Waals surface area contributed by atoms with Gasteiger partial charge in [-0.15, -0.1) is 0 Å². The molecule has 23 heavy (non-hydrogen) atoms. The number of halogens is 3. The van der Waals surface area contributed by atoms with Gasteiger partial charge in [-0.25, -0.2) is 4.98 Å². The highest BCUT2D eigenvalue weighted by Gasteiger charge is 2.19. The van der Waals surface area contributed by atoms with Gasteiger partial charge in [0.15, 0.2) is 0 Å². The van der Waals surface area contributed by atoms with Crippen LogP contribution in [0.5, 0.6) is 5.75 Å². The number of hydrogen-bond donors (Lipinski definition) is 1. The number of hydrogen-bond acceptors (Lipinski definition) is 3. The maximum absolute atomic E-state index is 12.3. The second-order valence-electron chi connectivity index (χ2n) is 4.78. The molecule has 1 aromatic carbocycles. The van der Waals surface area contributed by atoms with Gasteiger partial charge in [0.2, 0.25) is 0 Å². The van der Waals surface area contributed by atoms with Gasteiger partial charge in [0.05, 0.1) is 27.7 Å². The summed E-state index contributed by atoms with van der Waals surface area (Å²) in [5, 5.41) is 3.18. The van der Waals surface area contributed by atoms with Crippen LogP contribution in [0.25, 0.3) is 0 Å². The third-order valence-corrected chi connectivity index (χ3v) is 4.41. The van der Waals surface area contributed by atoms with Crippen molar-refractivity contribution >= 4 is 40.7 Å². The molecule has 4 nitrogen and oxygen atoms in total. The van der Waals surface area contributed by atoms with E-state index < -0.39 is 5.91 Å². The number of amides is 1. The molecule has 1 atom stereocenters. The second kappa shape index (κ2) is 7.86. The molecule has 1 amide bonds. The van der Waals surface area contributed by atoms with Gasteiger partial charge >= 0.3 is 0 Å². The predicted octanol–water partition coefficient (Wildman–Crippen LogP) is 4.93. The lowest BCUT2D eigenvalue weighted by Crippen LogP contribution is -2.27. The highest BCUT2D eigenvalue weighted by Crippen LogP contribution is 2.31. The molecule has 1 N–H and O–H groups in total. The Labute approximate surface area is 149 Å². The maximum atomic E-state index is 12.3. The Bertz CT molecular complexity index is 705. The van der Waals surface area contributed by atoms with Crippen LogP contribution in [0.3, 0.4) is 0 Å². The third kappa shape index (κ3) is 4.28. The zero-order valence-electron chi connectivity index (χ0n) is 12.6. The molecule has 2 rings (SSSR count). The summed E-state index contributed by atoms with van der Waals surface area (Å²) in [6.07, 6.45) is 1.30. The molecular formula is C16H15Cl3N2O2. The van der Waals surface area contributed by atoms with E-state index in [0.717, 1.165) is 11.3 Å². The molecule has 0 saturated carbocycles. The third-order valence-electron chi connectivity index (χ3n) is 3.17. The van der Waals surface area contributed by atoms with Crippen molar-refractivity contribution in [1.82, 2.24) is 10.3 Å². The van der Waals surface area contributed by atoms with Crippen LogP contribution in [-0.2, 0) is 0 Å². The quantitative estimate of drug-likeness (QED) is 0.808. The van der Waals surface area contributed by atoms with Gasteiger partial charge in [0.25, 0.3) is 5.91 Å². The molecule has 0 aliphatic heterocycles. The normalized spacial score (nSPS) is 11.9. The zero-order valence-corrected chi connectivity index (χ0v) is 14.8. The Hall–Kier alpha value is -1.49. The van der Waals surface area contributed by atoms with Gasteiger partial charge in [0.1, 0.15) is 11.4 Å². The highest BCUT2D eigenvalue weighted by molar-refractivity contribution is 6.48. The Morgan fingerprint density at radius 3 is 2.48 bits per heavy atom. The van der Waals surface area contributed by atoms with E-state index in [2.05, 4.69) is 10.3 Å². The first-order valence-electron chi connectivity index (χ1n) is 6.97. The largest absolute Gasteiger partial charge is 0.494 e. The average molecular weight is 374 g/mol. The van der Waals surface area contributed by atoms with Crippen molar-refractivity contribution in [1.29, 1.82) is 0 Å². The van der Waals surface area contributed by atoms with Crippen LogP contribution in [0.15, 0.2) is 30.5 Å². The summed E-state index contributed by atoms with van der Waals surface area (Å²) < 4.78 is 5.39. The van der Waals surface area contributed by atoms with E-state index in [4.69, 9.17) is 39.5 Å². The first-order chi connectivity index (χ1) is 10.9.